The SMILES string of the molecule is Cc1ccc(N=[N+]([O-])c2ccc(C)c(C)c2)cc1C. The summed E-state index contributed by atoms with van der Waals surface area (Å²) in [5.41, 5.74) is 5.83. The van der Waals surface area contributed by atoms with E-state index < -0.39 is 0 Å². The van der Waals surface area contributed by atoms with Crippen molar-refractivity contribution in [1.82, 2.24) is 0 Å². The highest BCUT2D eigenvalue weighted by atomic mass is 16.5. The predicted molar refractivity (Wildman–Crippen MR) is 77.2 cm³/mol. The fourth-order valence-electron chi connectivity index (χ4n) is 1.79. The summed E-state index contributed by atoms with van der Waals surface area (Å²) in [4.78, 5) is 0.677. The highest BCUT2D eigenvalue weighted by Crippen LogP contribution is 2.22. The van der Waals surface area contributed by atoms with Crippen molar-refractivity contribution in [3.8, 4) is 0 Å². The third-order valence-electron chi connectivity index (χ3n) is 3.41. The Bertz CT molecular complexity index is 645. The third-order valence-corrected chi connectivity index (χ3v) is 3.41. The molecule has 0 N–H and O–H groups in total. The molecule has 19 heavy (non-hydrogen) atoms. The molecule has 0 aromatic heterocycles. The van der Waals surface area contributed by atoms with Gasteiger partial charge < -0.3 is 5.21 Å². The Morgan fingerprint density at radius 2 is 1.37 bits per heavy atom. The zero-order chi connectivity index (χ0) is 14.0. The molecule has 0 saturated carbocycles. The minimum absolute atomic E-state index is 0.557. The fourth-order valence-corrected chi connectivity index (χ4v) is 1.79. The minimum atomic E-state index is 0.557. The molecule has 0 spiro atoms. The van der Waals surface area contributed by atoms with E-state index in [0.29, 0.717) is 16.2 Å². The lowest BCUT2D eigenvalue weighted by Gasteiger charge is -2.04. The highest BCUT2D eigenvalue weighted by molar-refractivity contribution is 5.43. The van der Waals surface area contributed by atoms with Crippen LogP contribution in [0, 0.1) is 32.9 Å². The summed E-state index contributed by atoms with van der Waals surface area (Å²) >= 11 is 0. The van der Waals surface area contributed by atoms with E-state index >= 15 is 0 Å². The molecular formula is C16H18N2O. The summed E-state index contributed by atoms with van der Waals surface area (Å²) in [7, 11) is 0. The van der Waals surface area contributed by atoms with Crippen molar-refractivity contribution in [1.29, 1.82) is 0 Å². The van der Waals surface area contributed by atoms with E-state index in [2.05, 4.69) is 5.11 Å². The smallest absolute Gasteiger partial charge is 0.245 e. The van der Waals surface area contributed by atoms with Crippen molar-refractivity contribution >= 4 is 11.4 Å². The summed E-state index contributed by atoms with van der Waals surface area (Å²) in [5.74, 6) is 0. The Balaban J connectivity index is 2.36. The van der Waals surface area contributed by atoms with Gasteiger partial charge in [0.1, 0.15) is 5.69 Å². The van der Waals surface area contributed by atoms with E-state index in [1.165, 1.54) is 11.1 Å². The van der Waals surface area contributed by atoms with Gasteiger partial charge in [-0.05, 0) is 62.1 Å². The second-order valence-electron chi connectivity index (χ2n) is 4.91. The van der Waals surface area contributed by atoms with Crippen LogP contribution in [0.4, 0.5) is 11.4 Å². The zero-order valence-electron chi connectivity index (χ0n) is 11.8. The first-order valence-electron chi connectivity index (χ1n) is 6.31. The van der Waals surface area contributed by atoms with Gasteiger partial charge in [-0.2, -0.15) is 0 Å². The van der Waals surface area contributed by atoms with E-state index in [1.54, 1.807) is 6.07 Å². The van der Waals surface area contributed by atoms with Gasteiger partial charge in [0.15, 0.2) is 0 Å². The lowest BCUT2D eigenvalue weighted by atomic mass is 10.1. The van der Waals surface area contributed by atoms with Gasteiger partial charge in [-0.3, -0.25) is 0 Å². The summed E-state index contributed by atoms with van der Waals surface area (Å²) < 4.78 is 0. The first-order valence-corrected chi connectivity index (χ1v) is 6.31. The Labute approximate surface area is 113 Å². The molecule has 2 rings (SSSR count). The fraction of sp³-hybridized carbons (Fsp3) is 0.250. The quantitative estimate of drug-likeness (QED) is 0.429. The molecule has 0 heterocycles. The third kappa shape index (κ3) is 2.99. The summed E-state index contributed by atoms with van der Waals surface area (Å²) in [6.07, 6.45) is 0. The van der Waals surface area contributed by atoms with Crippen LogP contribution in [0.2, 0.25) is 0 Å². The van der Waals surface area contributed by atoms with Gasteiger partial charge in [0, 0.05) is 17.2 Å². The van der Waals surface area contributed by atoms with Crippen molar-refractivity contribution in [2.45, 2.75) is 27.7 Å². The average Bonchev–Trinajstić information content (AvgIpc) is 2.37. The molecule has 3 heteroatoms. The maximum atomic E-state index is 12.0. The molecule has 0 bridgehead atoms. The molecule has 2 aromatic rings. The Hall–Kier alpha value is -2.16. The number of benzene rings is 2. The van der Waals surface area contributed by atoms with Crippen LogP contribution in [0.15, 0.2) is 41.5 Å². The predicted octanol–water partition coefficient (Wildman–Crippen LogP) is 4.85. The first-order chi connectivity index (χ1) is 8.97. The van der Waals surface area contributed by atoms with Crippen LogP contribution in [-0.2, 0) is 0 Å². The lowest BCUT2D eigenvalue weighted by molar-refractivity contribution is -0.435. The van der Waals surface area contributed by atoms with Crippen LogP contribution in [0.25, 0.3) is 0 Å². The van der Waals surface area contributed by atoms with Crippen LogP contribution >= 0.6 is 0 Å². The Morgan fingerprint density at radius 1 is 0.789 bits per heavy atom. The Morgan fingerprint density at radius 3 is 1.95 bits per heavy atom. The van der Waals surface area contributed by atoms with Crippen LogP contribution in [0.1, 0.15) is 22.3 Å². The number of hydrogen-bond acceptors (Lipinski definition) is 2. The van der Waals surface area contributed by atoms with Gasteiger partial charge in [-0.15, -0.1) is 0 Å². The molecule has 3 nitrogen and oxygen atoms in total. The summed E-state index contributed by atoms with van der Waals surface area (Å²) in [6, 6.07) is 11.3. The largest absolute Gasteiger partial charge is 0.594 e. The van der Waals surface area contributed by atoms with E-state index in [1.807, 2.05) is 58.0 Å². The van der Waals surface area contributed by atoms with Crippen LogP contribution in [0.5, 0.6) is 0 Å². The maximum absolute atomic E-state index is 12.0. The normalized spacial score (nSPS) is 11.7. The van der Waals surface area contributed by atoms with Crippen LogP contribution < -0.4 is 0 Å². The van der Waals surface area contributed by atoms with Gasteiger partial charge in [-0.25, -0.2) is 0 Å². The van der Waals surface area contributed by atoms with Gasteiger partial charge >= 0.3 is 0 Å². The van der Waals surface area contributed by atoms with Crippen LogP contribution in [0.3, 0.4) is 0 Å². The van der Waals surface area contributed by atoms with E-state index in [9.17, 15) is 5.21 Å². The van der Waals surface area contributed by atoms with Gasteiger partial charge in [0.2, 0.25) is 5.69 Å². The van der Waals surface area contributed by atoms with E-state index in [0.717, 1.165) is 11.1 Å². The van der Waals surface area contributed by atoms with E-state index in [4.69, 9.17) is 0 Å². The standard InChI is InChI=1S/C16H18N2O/c1-11-5-7-15(9-13(11)3)17-18(19)16-8-6-12(2)14(4)10-16/h5-10H,1-4H3. The molecule has 0 radical (unpaired) electrons. The van der Waals surface area contributed by atoms with Crippen molar-refractivity contribution in [3.05, 3.63) is 63.9 Å². The highest BCUT2D eigenvalue weighted by Gasteiger charge is 2.06. The molecule has 0 aliphatic rings. The molecule has 0 unspecified atom stereocenters. The molecule has 0 saturated heterocycles. The molecule has 0 aliphatic heterocycles. The van der Waals surface area contributed by atoms with Gasteiger partial charge in [0.05, 0.1) is 0 Å². The summed E-state index contributed by atoms with van der Waals surface area (Å²) in [6.45, 7) is 8.06. The number of azo groups is 1. The van der Waals surface area contributed by atoms with E-state index in [-0.39, 0.29) is 0 Å². The first kappa shape index (κ1) is 13.3. The lowest BCUT2D eigenvalue weighted by Crippen LogP contribution is -1.92. The molecule has 98 valence electrons. The molecule has 0 amide bonds. The van der Waals surface area contributed by atoms with Crippen molar-refractivity contribution in [2.75, 3.05) is 0 Å². The van der Waals surface area contributed by atoms with Crippen molar-refractivity contribution < 1.29 is 4.86 Å². The number of hydrogen-bond donors (Lipinski definition) is 0. The van der Waals surface area contributed by atoms with Crippen molar-refractivity contribution in [2.24, 2.45) is 5.11 Å². The van der Waals surface area contributed by atoms with Gasteiger partial charge in [-0.1, -0.05) is 17.0 Å². The number of aryl methyl sites for hydroxylation is 4. The van der Waals surface area contributed by atoms with Gasteiger partial charge in [0.25, 0.3) is 0 Å². The number of rotatable bonds is 2. The number of nitrogens with zero attached hydrogens (tertiary/aromatic N) is 2. The molecule has 0 fully saturated rings. The Kier molecular flexibility index (Phi) is 3.65. The molecule has 0 atom stereocenters. The zero-order valence-corrected chi connectivity index (χ0v) is 11.8. The van der Waals surface area contributed by atoms with Crippen molar-refractivity contribution in [3.63, 3.8) is 0 Å². The summed E-state index contributed by atoms with van der Waals surface area (Å²) in [5, 5.41) is 16.1. The van der Waals surface area contributed by atoms with Crippen LogP contribution in [-0.4, -0.2) is 4.86 Å². The molecular weight excluding hydrogens is 236 g/mol. The second-order valence-corrected chi connectivity index (χ2v) is 4.91. The molecule has 2 aromatic carbocycles. The maximum Gasteiger partial charge on any atom is 0.245 e. The average molecular weight is 254 g/mol. The topological polar surface area (TPSA) is 38.4 Å². The molecule has 0 aliphatic carbocycles. The minimum Gasteiger partial charge on any atom is -0.594 e. The monoisotopic (exact) mass is 254 g/mol. The second kappa shape index (κ2) is 5.22.